The van der Waals surface area contributed by atoms with Crippen molar-refractivity contribution in [1.29, 1.82) is 0 Å². The van der Waals surface area contributed by atoms with Crippen molar-refractivity contribution < 1.29 is 22.7 Å². The monoisotopic (exact) mass is 302 g/mol. The van der Waals surface area contributed by atoms with Crippen molar-refractivity contribution in [3.05, 3.63) is 29.6 Å². The van der Waals surface area contributed by atoms with Crippen molar-refractivity contribution in [2.45, 2.75) is 19.0 Å². The van der Waals surface area contributed by atoms with Crippen LogP contribution in [0.5, 0.6) is 0 Å². The van der Waals surface area contributed by atoms with Crippen LogP contribution in [0.2, 0.25) is 0 Å². The maximum Gasteiger partial charge on any atom is 0.416 e. The molecule has 0 spiro atoms. The second kappa shape index (κ2) is 6.43. The Morgan fingerprint density at radius 3 is 2.90 bits per heavy atom. The van der Waals surface area contributed by atoms with Crippen molar-refractivity contribution in [3.63, 3.8) is 0 Å². The zero-order chi connectivity index (χ0) is 15.5. The SMILES string of the molecule is COCCN1C[C@@H](Cc2cc(C(F)(F)F)ccn2)CC1=O. The minimum atomic E-state index is -4.37. The summed E-state index contributed by atoms with van der Waals surface area (Å²) in [6.45, 7) is 1.52. The van der Waals surface area contributed by atoms with Crippen molar-refractivity contribution in [2.75, 3.05) is 26.8 Å². The summed E-state index contributed by atoms with van der Waals surface area (Å²) in [6, 6.07) is 2.01. The summed E-state index contributed by atoms with van der Waals surface area (Å²) in [4.78, 5) is 17.4. The minimum Gasteiger partial charge on any atom is -0.383 e. The van der Waals surface area contributed by atoms with Crippen LogP contribution in [0.1, 0.15) is 17.7 Å². The van der Waals surface area contributed by atoms with Crippen molar-refractivity contribution in [2.24, 2.45) is 5.92 Å². The largest absolute Gasteiger partial charge is 0.416 e. The summed E-state index contributed by atoms with van der Waals surface area (Å²) in [5.41, 5.74) is -0.329. The molecule has 1 fully saturated rings. The zero-order valence-corrected chi connectivity index (χ0v) is 11.7. The van der Waals surface area contributed by atoms with Crippen LogP contribution in [-0.2, 0) is 22.1 Å². The van der Waals surface area contributed by atoms with Crippen LogP contribution in [0.25, 0.3) is 0 Å². The molecule has 1 aliphatic heterocycles. The average molecular weight is 302 g/mol. The number of carbonyl (C=O) groups excluding carboxylic acids is 1. The van der Waals surface area contributed by atoms with E-state index in [1.165, 1.54) is 0 Å². The number of methoxy groups -OCH3 is 1. The Morgan fingerprint density at radius 1 is 1.48 bits per heavy atom. The molecule has 1 atom stereocenters. The van der Waals surface area contributed by atoms with Gasteiger partial charge in [0.1, 0.15) is 0 Å². The number of carbonyl (C=O) groups is 1. The lowest BCUT2D eigenvalue weighted by molar-refractivity contribution is -0.137. The van der Waals surface area contributed by atoms with Crippen molar-refractivity contribution >= 4 is 5.91 Å². The van der Waals surface area contributed by atoms with Crippen LogP contribution in [0.15, 0.2) is 18.3 Å². The highest BCUT2D eigenvalue weighted by Crippen LogP contribution is 2.30. The van der Waals surface area contributed by atoms with Gasteiger partial charge in [-0.25, -0.2) is 0 Å². The molecule has 0 aromatic carbocycles. The Balaban J connectivity index is 1.98. The molecule has 1 saturated heterocycles. The molecule has 0 unspecified atom stereocenters. The number of rotatable bonds is 5. The third-order valence-electron chi connectivity index (χ3n) is 3.50. The van der Waals surface area contributed by atoms with Gasteiger partial charge in [0.2, 0.25) is 5.91 Å². The fourth-order valence-electron chi connectivity index (χ4n) is 2.47. The number of pyridine rings is 1. The molecule has 116 valence electrons. The molecule has 1 aliphatic rings. The molecule has 2 heterocycles. The third-order valence-corrected chi connectivity index (χ3v) is 3.50. The van der Waals surface area contributed by atoms with Crippen molar-refractivity contribution in [3.8, 4) is 0 Å². The van der Waals surface area contributed by atoms with Crippen LogP contribution in [0, 0.1) is 5.92 Å². The number of amides is 1. The van der Waals surface area contributed by atoms with Gasteiger partial charge < -0.3 is 9.64 Å². The van der Waals surface area contributed by atoms with E-state index in [-0.39, 0.29) is 11.8 Å². The normalized spacial score (nSPS) is 19.3. The molecule has 0 bridgehead atoms. The summed E-state index contributed by atoms with van der Waals surface area (Å²) >= 11 is 0. The average Bonchev–Trinajstić information content (AvgIpc) is 2.76. The Morgan fingerprint density at radius 2 is 2.24 bits per heavy atom. The van der Waals surface area contributed by atoms with Gasteiger partial charge in [-0.05, 0) is 24.5 Å². The Hall–Kier alpha value is -1.63. The molecular formula is C14H17F3N2O2. The van der Waals surface area contributed by atoms with E-state index < -0.39 is 11.7 Å². The van der Waals surface area contributed by atoms with Gasteiger partial charge in [-0.15, -0.1) is 0 Å². The summed E-state index contributed by atoms with van der Waals surface area (Å²) in [5, 5.41) is 0. The maximum absolute atomic E-state index is 12.6. The second-order valence-electron chi connectivity index (χ2n) is 5.14. The van der Waals surface area contributed by atoms with Gasteiger partial charge in [-0.2, -0.15) is 13.2 Å². The Bertz CT molecular complexity index is 505. The predicted molar refractivity (Wildman–Crippen MR) is 69.5 cm³/mol. The fraction of sp³-hybridized carbons (Fsp3) is 0.571. The van der Waals surface area contributed by atoms with E-state index in [0.717, 1.165) is 18.3 Å². The van der Waals surface area contributed by atoms with Crippen molar-refractivity contribution in [1.82, 2.24) is 9.88 Å². The Labute approximate surface area is 120 Å². The first-order chi connectivity index (χ1) is 9.90. The van der Waals surface area contributed by atoms with Gasteiger partial charge in [0, 0.05) is 38.5 Å². The molecule has 1 amide bonds. The van der Waals surface area contributed by atoms with E-state index in [1.54, 1.807) is 12.0 Å². The smallest absolute Gasteiger partial charge is 0.383 e. The molecule has 2 rings (SSSR count). The lowest BCUT2D eigenvalue weighted by Crippen LogP contribution is -2.29. The van der Waals surface area contributed by atoms with Gasteiger partial charge in [0.25, 0.3) is 0 Å². The van der Waals surface area contributed by atoms with Crippen LogP contribution < -0.4 is 0 Å². The zero-order valence-electron chi connectivity index (χ0n) is 11.7. The summed E-state index contributed by atoms with van der Waals surface area (Å²) in [5.74, 6) is 0.0226. The number of halogens is 3. The highest BCUT2D eigenvalue weighted by molar-refractivity contribution is 5.78. The fourth-order valence-corrected chi connectivity index (χ4v) is 2.47. The number of aromatic nitrogens is 1. The lowest BCUT2D eigenvalue weighted by atomic mass is 10.0. The van der Waals surface area contributed by atoms with E-state index in [9.17, 15) is 18.0 Å². The lowest BCUT2D eigenvalue weighted by Gasteiger charge is -2.16. The quantitative estimate of drug-likeness (QED) is 0.837. The second-order valence-corrected chi connectivity index (χ2v) is 5.14. The van der Waals surface area contributed by atoms with Gasteiger partial charge >= 0.3 is 6.18 Å². The number of hydrogen-bond donors (Lipinski definition) is 0. The molecular weight excluding hydrogens is 285 g/mol. The number of ether oxygens (including phenoxy) is 1. The highest BCUT2D eigenvalue weighted by atomic mass is 19.4. The molecule has 1 aromatic heterocycles. The van der Waals surface area contributed by atoms with E-state index in [1.807, 2.05) is 0 Å². The first kappa shape index (κ1) is 15.8. The van der Waals surface area contributed by atoms with Crippen LogP contribution in [0.4, 0.5) is 13.2 Å². The van der Waals surface area contributed by atoms with Gasteiger partial charge in [0.05, 0.1) is 12.2 Å². The molecule has 0 saturated carbocycles. The topological polar surface area (TPSA) is 42.4 Å². The van der Waals surface area contributed by atoms with E-state index >= 15 is 0 Å². The van der Waals surface area contributed by atoms with Gasteiger partial charge in [-0.1, -0.05) is 0 Å². The maximum atomic E-state index is 12.6. The molecule has 4 nitrogen and oxygen atoms in total. The molecule has 7 heteroatoms. The molecule has 1 aromatic rings. The number of likely N-dealkylation sites (tertiary alicyclic amines) is 1. The van der Waals surface area contributed by atoms with Crippen LogP contribution >= 0.6 is 0 Å². The Kier molecular flexibility index (Phi) is 4.82. The van der Waals surface area contributed by atoms with E-state index in [0.29, 0.717) is 38.2 Å². The van der Waals surface area contributed by atoms with E-state index in [4.69, 9.17) is 4.74 Å². The van der Waals surface area contributed by atoms with E-state index in [2.05, 4.69) is 4.98 Å². The standard InChI is InChI=1S/C14H17F3N2O2/c1-21-5-4-19-9-10(7-13(19)20)6-12-8-11(2-3-18-12)14(15,16)17/h2-3,8,10H,4-7,9H2,1H3/t10-/m0/s1. The summed E-state index contributed by atoms with van der Waals surface area (Å²) in [6.07, 6.45) is -2.48. The number of hydrogen-bond acceptors (Lipinski definition) is 3. The first-order valence-electron chi connectivity index (χ1n) is 6.69. The molecule has 0 aliphatic carbocycles. The summed E-state index contributed by atoms with van der Waals surface area (Å²) in [7, 11) is 1.56. The van der Waals surface area contributed by atoms with Gasteiger partial charge in [0.15, 0.2) is 0 Å². The van der Waals surface area contributed by atoms with Crippen LogP contribution in [-0.4, -0.2) is 42.6 Å². The van der Waals surface area contributed by atoms with Gasteiger partial charge in [-0.3, -0.25) is 9.78 Å². The number of alkyl halides is 3. The molecule has 21 heavy (non-hydrogen) atoms. The molecule has 0 radical (unpaired) electrons. The predicted octanol–water partition coefficient (Wildman–Crippen LogP) is 2.14. The molecule has 0 N–H and O–H groups in total. The van der Waals surface area contributed by atoms with Crippen LogP contribution in [0.3, 0.4) is 0 Å². The minimum absolute atomic E-state index is 0.00494. The first-order valence-corrected chi connectivity index (χ1v) is 6.69. The highest BCUT2D eigenvalue weighted by Gasteiger charge is 2.32. The summed E-state index contributed by atoms with van der Waals surface area (Å²) < 4.78 is 42.9. The third kappa shape index (κ3) is 4.17. The number of nitrogens with zero attached hydrogens (tertiary/aromatic N) is 2.